The Morgan fingerprint density at radius 1 is 1.00 bits per heavy atom. The molecule has 0 unspecified atom stereocenters. The fourth-order valence-corrected chi connectivity index (χ4v) is 2.91. The molecule has 1 N–H and O–H groups in total. The fourth-order valence-electron chi connectivity index (χ4n) is 2.91. The van der Waals surface area contributed by atoms with Crippen molar-refractivity contribution < 1.29 is 9.53 Å². The van der Waals surface area contributed by atoms with Crippen molar-refractivity contribution in [3.8, 4) is 11.3 Å². The Hall–Kier alpha value is -4.07. The molecule has 4 rings (SSSR count). The highest BCUT2D eigenvalue weighted by Crippen LogP contribution is 2.27. The molecule has 8 nitrogen and oxygen atoms in total. The molecule has 3 aromatic heterocycles. The average Bonchev–Trinajstić information content (AvgIpc) is 3.33. The zero-order chi connectivity index (χ0) is 20.1. The molecule has 0 aliphatic rings. The third kappa shape index (κ3) is 4.11. The van der Waals surface area contributed by atoms with E-state index < -0.39 is 0 Å². The summed E-state index contributed by atoms with van der Waals surface area (Å²) in [6, 6.07) is 13.0. The van der Waals surface area contributed by atoms with Crippen LogP contribution in [0, 0.1) is 0 Å². The summed E-state index contributed by atoms with van der Waals surface area (Å²) >= 11 is 0. The van der Waals surface area contributed by atoms with Gasteiger partial charge in [-0.1, -0.05) is 12.1 Å². The molecule has 0 fully saturated rings. The smallest absolute Gasteiger partial charge is 0.337 e. The van der Waals surface area contributed by atoms with Crippen LogP contribution < -0.4 is 4.90 Å². The third-order valence-electron chi connectivity index (χ3n) is 4.38. The minimum absolute atomic E-state index is 0.365. The SMILES string of the molecule is COC(=O)c1ccc(CN(c2cnccn2)c2cc(-c3ccn[nH]3)ccn2)cc1. The van der Waals surface area contributed by atoms with Gasteiger partial charge in [0.1, 0.15) is 5.82 Å². The Morgan fingerprint density at radius 3 is 2.52 bits per heavy atom. The van der Waals surface area contributed by atoms with E-state index in [2.05, 4.69) is 25.1 Å². The summed E-state index contributed by atoms with van der Waals surface area (Å²) in [4.78, 5) is 26.8. The lowest BCUT2D eigenvalue weighted by Crippen LogP contribution is -2.19. The molecule has 1 aromatic carbocycles. The van der Waals surface area contributed by atoms with Crippen LogP contribution in [-0.4, -0.2) is 38.2 Å². The van der Waals surface area contributed by atoms with Crippen LogP contribution in [0.2, 0.25) is 0 Å². The minimum Gasteiger partial charge on any atom is -0.465 e. The summed E-state index contributed by atoms with van der Waals surface area (Å²) in [5.41, 5.74) is 3.34. The number of H-pyrrole nitrogens is 1. The first kappa shape index (κ1) is 18.3. The molecular weight excluding hydrogens is 368 g/mol. The Labute approximate surface area is 167 Å². The third-order valence-corrected chi connectivity index (χ3v) is 4.38. The lowest BCUT2D eigenvalue weighted by Gasteiger charge is -2.23. The highest BCUT2D eigenvalue weighted by atomic mass is 16.5. The van der Waals surface area contributed by atoms with E-state index in [0.29, 0.717) is 17.9 Å². The molecule has 0 amide bonds. The molecule has 144 valence electrons. The number of hydrogen-bond acceptors (Lipinski definition) is 7. The molecule has 0 saturated heterocycles. The Bertz CT molecular complexity index is 1080. The van der Waals surface area contributed by atoms with E-state index in [0.717, 1.165) is 22.6 Å². The number of nitrogens with zero attached hydrogens (tertiary/aromatic N) is 5. The number of rotatable bonds is 6. The number of esters is 1. The number of hydrogen-bond donors (Lipinski definition) is 1. The summed E-state index contributed by atoms with van der Waals surface area (Å²) in [6.07, 6.45) is 8.41. The van der Waals surface area contributed by atoms with Gasteiger partial charge in [0, 0.05) is 30.4 Å². The van der Waals surface area contributed by atoms with E-state index in [9.17, 15) is 4.79 Å². The molecule has 3 heterocycles. The van der Waals surface area contributed by atoms with E-state index in [4.69, 9.17) is 4.74 Å². The first-order valence-electron chi connectivity index (χ1n) is 8.91. The second-order valence-corrected chi connectivity index (χ2v) is 6.21. The number of pyridine rings is 1. The van der Waals surface area contributed by atoms with Crippen molar-refractivity contribution in [1.29, 1.82) is 0 Å². The number of ether oxygens (including phenoxy) is 1. The van der Waals surface area contributed by atoms with E-state index >= 15 is 0 Å². The van der Waals surface area contributed by atoms with Crippen molar-refractivity contribution in [2.75, 3.05) is 12.0 Å². The first-order valence-corrected chi connectivity index (χ1v) is 8.91. The predicted molar refractivity (Wildman–Crippen MR) is 107 cm³/mol. The van der Waals surface area contributed by atoms with Crippen molar-refractivity contribution in [1.82, 2.24) is 25.1 Å². The zero-order valence-electron chi connectivity index (χ0n) is 15.7. The van der Waals surface area contributed by atoms with Crippen LogP contribution >= 0.6 is 0 Å². The van der Waals surface area contributed by atoms with Crippen molar-refractivity contribution >= 4 is 17.6 Å². The van der Waals surface area contributed by atoms with Gasteiger partial charge in [-0.15, -0.1) is 0 Å². The molecule has 0 radical (unpaired) electrons. The van der Waals surface area contributed by atoms with Gasteiger partial charge < -0.3 is 9.64 Å². The van der Waals surface area contributed by atoms with Crippen LogP contribution in [0.15, 0.2) is 73.4 Å². The number of aromatic amines is 1. The number of anilines is 2. The Kier molecular flexibility index (Phi) is 5.24. The first-order chi connectivity index (χ1) is 14.2. The number of carbonyl (C=O) groups excluding carboxylic acids is 1. The summed E-state index contributed by atoms with van der Waals surface area (Å²) in [5, 5.41) is 6.97. The van der Waals surface area contributed by atoms with Gasteiger partial charge in [-0.05, 0) is 35.9 Å². The molecule has 0 atom stereocenters. The maximum atomic E-state index is 11.7. The van der Waals surface area contributed by atoms with Crippen molar-refractivity contribution in [3.05, 3.63) is 84.6 Å². The van der Waals surface area contributed by atoms with E-state index in [-0.39, 0.29) is 5.97 Å². The molecule has 8 heteroatoms. The normalized spacial score (nSPS) is 10.5. The number of benzene rings is 1. The largest absolute Gasteiger partial charge is 0.465 e. The number of nitrogens with one attached hydrogen (secondary N) is 1. The summed E-state index contributed by atoms with van der Waals surface area (Å²) in [6.45, 7) is 0.500. The van der Waals surface area contributed by atoms with Crippen LogP contribution in [0.5, 0.6) is 0 Å². The molecule has 4 aromatic rings. The molecule has 0 aliphatic heterocycles. The van der Waals surface area contributed by atoms with E-state index in [1.165, 1.54) is 7.11 Å². The predicted octanol–water partition coefficient (Wildman–Crippen LogP) is 3.39. The van der Waals surface area contributed by atoms with Crippen LogP contribution in [0.1, 0.15) is 15.9 Å². The van der Waals surface area contributed by atoms with Gasteiger partial charge in [-0.2, -0.15) is 5.10 Å². The lowest BCUT2D eigenvalue weighted by atomic mass is 10.1. The van der Waals surface area contributed by atoms with Gasteiger partial charge in [-0.25, -0.2) is 14.8 Å². The molecule has 0 saturated carbocycles. The minimum atomic E-state index is -0.365. The standard InChI is InChI=1S/C21H18N6O2/c1-29-21(28)16-4-2-15(3-5-16)14-27(20-13-22-10-11-24-20)19-12-17(6-8-23-19)18-7-9-25-26-18/h2-13H,14H2,1H3,(H,25,26). The zero-order valence-corrected chi connectivity index (χ0v) is 15.7. The quantitative estimate of drug-likeness (QED) is 0.507. The Balaban J connectivity index is 1.68. The van der Waals surface area contributed by atoms with Crippen LogP contribution in [0.25, 0.3) is 11.3 Å². The number of methoxy groups -OCH3 is 1. The van der Waals surface area contributed by atoms with Gasteiger partial charge in [0.25, 0.3) is 0 Å². The van der Waals surface area contributed by atoms with Crippen LogP contribution in [0.3, 0.4) is 0 Å². The Morgan fingerprint density at radius 2 is 1.83 bits per heavy atom. The van der Waals surface area contributed by atoms with Crippen molar-refractivity contribution in [3.63, 3.8) is 0 Å². The average molecular weight is 386 g/mol. The van der Waals surface area contributed by atoms with E-state index in [1.807, 2.05) is 35.2 Å². The summed E-state index contributed by atoms with van der Waals surface area (Å²) in [5.74, 6) is 1.02. The molecule has 0 aliphatic carbocycles. The summed E-state index contributed by atoms with van der Waals surface area (Å²) in [7, 11) is 1.37. The van der Waals surface area contributed by atoms with Gasteiger partial charge in [0.15, 0.2) is 5.82 Å². The van der Waals surface area contributed by atoms with Crippen molar-refractivity contribution in [2.45, 2.75) is 6.54 Å². The topological polar surface area (TPSA) is 96.9 Å². The fraction of sp³-hybridized carbons (Fsp3) is 0.0952. The second-order valence-electron chi connectivity index (χ2n) is 6.21. The molecule has 0 bridgehead atoms. The highest BCUT2D eigenvalue weighted by Gasteiger charge is 2.15. The number of aromatic nitrogens is 5. The molecule has 29 heavy (non-hydrogen) atoms. The van der Waals surface area contributed by atoms with Gasteiger partial charge >= 0.3 is 5.97 Å². The van der Waals surface area contributed by atoms with Crippen LogP contribution in [-0.2, 0) is 11.3 Å². The molecule has 0 spiro atoms. The molecular formula is C21H18N6O2. The second kappa shape index (κ2) is 8.30. The maximum absolute atomic E-state index is 11.7. The summed E-state index contributed by atoms with van der Waals surface area (Å²) < 4.78 is 4.76. The van der Waals surface area contributed by atoms with Crippen molar-refractivity contribution in [2.24, 2.45) is 0 Å². The van der Waals surface area contributed by atoms with Gasteiger partial charge in [0.05, 0.1) is 31.1 Å². The highest BCUT2D eigenvalue weighted by molar-refractivity contribution is 5.89. The van der Waals surface area contributed by atoms with E-state index in [1.54, 1.807) is 43.1 Å². The van der Waals surface area contributed by atoms with Gasteiger partial charge in [0.2, 0.25) is 0 Å². The monoisotopic (exact) mass is 386 g/mol. The van der Waals surface area contributed by atoms with Gasteiger partial charge in [-0.3, -0.25) is 10.1 Å². The van der Waals surface area contributed by atoms with Crippen LogP contribution in [0.4, 0.5) is 11.6 Å². The number of carbonyl (C=O) groups is 1. The maximum Gasteiger partial charge on any atom is 0.337 e. The lowest BCUT2D eigenvalue weighted by molar-refractivity contribution is 0.0600.